The number of rotatable bonds is 0. The van der Waals surface area contributed by atoms with E-state index in [0.29, 0.717) is 0 Å². The number of benzene rings is 1. The van der Waals surface area contributed by atoms with Gasteiger partial charge in [0.1, 0.15) is 5.75 Å². The molecular formula is C12H8O2. The fourth-order valence-electron chi connectivity index (χ4n) is 1.65. The molecule has 0 aromatic heterocycles. The fourth-order valence-corrected chi connectivity index (χ4v) is 1.65. The minimum absolute atomic E-state index is 0.876. The topological polar surface area (TPSA) is 18.5 Å². The van der Waals surface area contributed by atoms with Crippen molar-refractivity contribution in [3.05, 3.63) is 46.7 Å². The van der Waals surface area contributed by atoms with Crippen LogP contribution in [0.4, 0.5) is 0 Å². The van der Waals surface area contributed by atoms with Gasteiger partial charge in [0.15, 0.2) is 0 Å². The molecular weight excluding hydrogens is 176 g/mol. The van der Waals surface area contributed by atoms with E-state index >= 15 is 0 Å². The van der Waals surface area contributed by atoms with Crippen molar-refractivity contribution in [1.82, 2.24) is 0 Å². The van der Waals surface area contributed by atoms with Crippen molar-refractivity contribution < 1.29 is 9.47 Å². The minimum atomic E-state index is 0.876. The Morgan fingerprint density at radius 2 is 2.00 bits per heavy atom. The molecule has 0 unspecified atom stereocenters. The zero-order chi connectivity index (χ0) is 9.38. The Hall–Kier alpha value is -1.96. The zero-order valence-corrected chi connectivity index (χ0v) is 7.44. The predicted octanol–water partition coefficient (Wildman–Crippen LogP) is 1.11. The van der Waals surface area contributed by atoms with Crippen LogP contribution >= 0.6 is 0 Å². The highest BCUT2D eigenvalue weighted by molar-refractivity contribution is 5.58. The highest BCUT2D eigenvalue weighted by atomic mass is 16.5. The van der Waals surface area contributed by atoms with Crippen LogP contribution < -0.4 is 15.2 Å². The van der Waals surface area contributed by atoms with Crippen LogP contribution in [0.2, 0.25) is 0 Å². The molecule has 3 rings (SSSR count). The first-order valence-electron chi connectivity index (χ1n) is 4.44. The molecule has 0 spiro atoms. The molecule has 0 bridgehead atoms. The molecule has 68 valence electrons. The van der Waals surface area contributed by atoms with E-state index in [9.17, 15) is 0 Å². The largest absolute Gasteiger partial charge is 0.472 e. The molecule has 0 radical (unpaired) electrons. The first-order chi connectivity index (χ1) is 6.95. The van der Waals surface area contributed by atoms with Gasteiger partial charge in [0.05, 0.1) is 18.8 Å². The molecule has 2 aliphatic heterocycles. The standard InChI is InChI=1S/C12H8O2/c1-2-10-11-8-13-7-5-9(11)3-4-12(10)14-6-1/h1-8H. The Morgan fingerprint density at radius 3 is 3.00 bits per heavy atom. The highest BCUT2D eigenvalue weighted by Crippen LogP contribution is 2.08. The van der Waals surface area contributed by atoms with Gasteiger partial charge in [-0.3, -0.25) is 0 Å². The summed E-state index contributed by atoms with van der Waals surface area (Å²) < 4.78 is 10.5. The highest BCUT2D eigenvalue weighted by Gasteiger charge is 2.05. The Balaban J connectivity index is 2.46. The smallest absolute Gasteiger partial charge is 0.134 e. The van der Waals surface area contributed by atoms with Crippen LogP contribution in [0.5, 0.6) is 5.75 Å². The van der Waals surface area contributed by atoms with Gasteiger partial charge in [-0.15, -0.1) is 0 Å². The summed E-state index contributed by atoms with van der Waals surface area (Å²) in [6, 6.07) is 3.99. The lowest BCUT2D eigenvalue weighted by atomic mass is 10.1. The van der Waals surface area contributed by atoms with Crippen LogP contribution in [-0.4, -0.2) is 0 Å². The lowest BCUT2D eigenvalue weighted by molar-refractivity contribution is 0.456. The van der Waals surface area contributed by atoms with Gasteiger partial charge in [-0.1, -0.05) is 6.07 Å². The van der Waals surface area contributed by atoms with Crippen LogP contribution in [0, 0.1) is 0 Å². The zero-order valence-electron chi connectivity index (χ0n) is 7.44. The van der Waals surface area contributed by atoms with Crippen LogP contribution in [-0.2, 0) is 4.74 Å². The number of hydrogen-bond donors (Lipinski definition) is 0. The second kappa shape index (κ2) is 2.77. The monoisotopic (exact) mass is 184 g/mol. The number of allylic oxidation sites excluding steroid dienone is 1. The van der Waals surface area contributed by atoms with E-state index in [-0.39, 0.29) is 0 Å². The fraction of sp³-hybridized carbons (Fsp3) is 0. The Morgan fingerprint density at radius 1 is 1.00 bits per heavy atom. The van der Waals surface area contributed by atoms with Crippen molar-refractivity contribution in [2.75, 3.05) is 0 Å². The van der Waals surface area contributed by atoms with Gasteiger partial charge in [0, 0.05) is 10.4 Å². The molecule has 0 saturated carbocycles. The van der Waals surface area contributed by atoms with Gasteiger partial charge < -0.3 is 9.47 Å². The summed E-state index contributed by atoms with van der Waals surface area (Å²) in [5.74, 6) is 0.876. The Kier molecular flexibility index (Phi) is 1.47. The lowest BCUT2D eigenvalue weighted by Crippen LogP contribution is -2.30. The SMILES string of the molecule is C1=COc2ccc3c(c2=C1)=COC=C3. The molecule has 14 heavy (non-hydrogen) atoms. The van der Waals surface area contributed by atoms with Gasteiger partial charge in [-0.05, 0) is 29.9 Å². The van der Waals surface area contributed by atoms with Crippen molar-refractivity contribution in [3.63, 3.8) is 0 Å². The molecule has 2 nitrogen and oxygen atoms in total. The number of fused-ring (bicyclic) bond motifs is 3. The molecule has 0 amide bonds. The summed E-state index contributed by atoms with van der Waals surface area (Å²) >= 11 is 0. The first kappa shape index (κ1) is 7.44. The van der Waals surface area contributed by atoms with E-state index in [1.165, 1.54) is 0 Å². The van der Waals surface area contributed by atoms with Crippen LogP contribution in [0.3, 0.4) is 0 Å². The quantitative estimate of drug-likeness (QED) is 0.601. The first-order valence-corrected chi connectivity index (χ1v) is 4.44. The second-order valence-corrected chi connectivity index (χ2v) is 3.15. The lowest BCUT2D eigenvalue weighted by Gasteiger charge is -2.09. The maximum absolute atomic E-state index is 5.38. The summed E-state index contributed by atoms with van der Waals surface area (Å²) in [5.41, 5.74) is 1.16. The Bertz CT molecular complexity index is 550. The average Bonchev–Trinajstić information content (AvgIpc) is 2.29. The van der Waals surface area contributed by atoms with Crippen molar-refractivity contribution in [2.24, 2.45) is 0 Å². The maximum Gasteiger partial charge on any atom is 0.134 e. The summed E-state index contributed by atoms with van der Waals surface area (Å²) in [4.78, 5) is 0. The van der Waals surface area contributed by atoms with Gasteiger partial charge in [0.2, 0.25) is 0 Å². The van der Waals surface area contributed by atoms with E-state index in [1.54, 1.807) is 18.8 Å². The third-order valence-corrected chi connectivity index (χ3v) is 2.33. The molecule has 0 fully saturated rings. The van der Waals surface area contributed by atoms with Crippen LogP contribution in [0.1, 0.15) is 5.56 Å². The second-order valence-electron chi connectivity index (χ2n) is 3.15. The molecule has 1 aromatic carbocycles. The molecule has 2 heterocycles. The van der Waals surface area contributed by atoms with E-state index < -0.39 is 0 Å². The van der Waals surface area contributed by atoms with Gasteiger partial charge >= 0.3 is 0 Å². The van der Waals surface area contributed by atoms with Crippen molar-refractivity contribution in [2.45, 2.75) is 0 Å². The number of hydrogen-bond acceptors (Lipinski definition) is 2. The normalized spacial score (nSPS) is 15.4. The predicted molar refractivity (Wildman–Crippen MR) is 54.5 cm³/mol. The summed E-state index contributed by atoms with van der Waals surface area (Å²) in [7, 11) is 0. The van der Waals surface area contributed by atoms with Crippen molar-refractivity contribution >= 4 is 18.4 Å². The van der Waals surface area contributed by atoms with Gasteiger partial charge in [0.25, 0.3) is 0 Å². The minimum Gasteiger partial charge on any atom is -0.472 e. The average molecular weight is 184 g/mol. The molecule has 0 saturated heterocycles. The van der Waals surface area contributed by atoms with E-state index in [4.69, 9.17) is 9.47 Å². The van der Waals surface area contributed by atoms with E-state index in [0.717, 1.165) is 21.8 Å². The summed E-state index contributed by atoms with van der Waals surface area (Å²) in [6.45, 7) is 0. The molecule has 0 aliphatic carbocycles. The molecule has 0 atom stereocenters. The van der Waals surface area contributed by atoms with Crippen LogP contribution in [0.15, 0.2) is 30.7 Å². The summed E-state index contributed by atoms with van der Waals surface area (Å²) in [5, 5.41) is 2.16. The van der Waals surface area contributed by atoms with Gasteiger partial charge in [-0.25, -0.2) is 0 Å². The summed E-state index contributed by atoms with van der Waals surface area (Å²) in [6.07, 6.45) is 10.9. The molecule has 2 heteroatoms. The van der Waals surface area contributed by atoms with Crippen LogP contribution in [0.25, 0.3) is 18.4 Å². The molecule has 2 aliphatic rings. The third kappa shape index (κ3) is 0.973. The third-order valence-electron chi connectivity index (χ3n) is 2.33. The van der Waals surface area contributed by atoms with Crippen molar-refractivity contribution in [1.29, 1.82) is 0 Å². The van der Waals surface area contributed by atoms with Crippen molar-refractivity contribution in [3.8, 4) is 5.75 Å². The number of ether oxygens (including phenoxy) is 2. The van der Waals surface area contributed by atoms with Gasteiger partial charge in [-0.2, -0.15) is 0 Å². The van der Waals surface area contributed by atoms with E-state index in [1.807, 2.05) is 30.4 Å². The molecule has 1 aromatic rings. The Labute approximate surface area is 81.1 Å². The maximum atomic E-state index is 5.38. The van der Waals surface area contributed by atoms with E-state index in [2.05, 4.69) is 0 Å². The molecule has 0 N–H and O–H groups in total.